The molecule has 1 saturated heterocycles. The van der Waals surface area contributed by atoms with Crippen LogP contribution in [0.15, 0.2) is 95.9 Å². The predicted molar refractivity (Wildman–Crippen MR) is 119 cm³/mol. The molecular weight excluding hydrogens is 394 g/mol. The van der Waals surface area contributed by atoms with Crippen molar-refractivity contribution in [2.24, 2.45) is 0 Å². The third kappa shape index (κ3) is 4.70. The smallest absolute Gasteiger partial charge is 0.243 e. The van der Waals surface area contributed by atoms with Gasteiger partial charge in [-0.15, -0.1) is 0 Å². The third-order valence-corrected chi connectivity index (χ3v) is 7.07. The second-order valence-corrected chi connectivity index (χ2v) is 9.42. The van der Waals surface area contributed by atoms with Crippen LogP contribution in [0.4, 0.5) is 0 Å². The Labute approximate surface area is 178 Å². The summed E-state index contributed by atoms with van der Waals surface area (Å²) in [5.41, 5.74) is 3.05. The first kappa shape index (κ1) is 20.5. The Balaban J connectivity index is 1.63. The van der Waals surface area contributed by atoms with E-state index in [2.05, 4.69) is 0 Å². The van der Waals surface area contributed by atoms with Gasteiger partial charge in [0.05, 0.1) is 17.1 Å². The number of ether oxygens (including phenoxy) is 1. The monoisotopic (exact) mass is 419 g/mol. The number of sulfonamides is 1. The molecule has 4 nitrogen and oxygen atoms in total. The average molecular weight is 420 g/mol. The van der Waals surface area contributed by atoms with Crippen LogP contribution in [0.3, 0.4) is 0 Å². The van der Waals surface area contributed by atoms with Crippen molar-refractivity contribution in [3.05, 3.63) is 108 Å². The molecule has 0 bridgehead atoms. The molecule has 0 N–H and O–H groups in total. The molecule has 1 aliphatic heterocycles. The van der Waals surface area contributed by atoms with E-state index in [1.54, 1.807) is 16.4 Å². The van der Waals surface area contributed by atoms with Gasteiger partial charge in [-0.1, -0.05) is 90.5 Å². The van der Waals surface area contributed by atoms with Gasteiger partial charge < -0.3 is 4.74 Å². The van der Waals surface area contributed by atoms with E-state index >= 15 is 0 Å². The molecule has 0 aliphatic carbocycles. The van der Waals surface area contributed by atoms with Gasteiger partial charge in [-0.05, 0) is 30.2 Å². The second-order valence-electron chi connectivity index (χ2n) is 7.48. The van der Waals surface area contributed by atoms with E-state index < -0.39 is 10.0 Å². The highest BCUT2D eigenvalue weighted by Crippen LogP contribution is 2.30. The highest BCUT2D eigenvalue weighted by molar-refractivity contribution is 7.89. The van der Waals surface area contributed by atoms with Crippen LogP contribution in [0.5, 0.6) is 0 Å². The van der Waals surface area contributed by atoms with Gasteiger partial charge in [0.15, 0.2) is 0 Å². The average Bonchev–Trinajstić information content (AvgIpc) is 2.79. The van der Waals surface area contributed by atoms with E-state index in [1.807, 2.05) is 91.9 Å². The quantitative estimate of drug-likeness (QED) is 0.595. The Morgan fingerprint density at radius 2 is 1.50 bits per heavy atom. The summed E-state index contributed by atoms with van der Waals surface area (Å²) >= 11 is 0. The van der Waals surface area contributed by atoms with Crippen molar-refractivity contribution in [3.63, 3.8) is 0 Å². The SMILES string of the molecule is Cc1ccc(S(=O)(=O)N2C[C@@H](c3ccccc3)O[C@@H](/C=C/c3ccccc3)C2)cc1. The molecule has 5 heteroatoms. The van der Waals surface area contributed by atoms with Crippen LogP contribution in [0.2, 0.25) is 0 Å². The maximum absolute atomic E-state index is 13.3. The molecule has 2 atom stereocenters. The fourth-order valence-corrected chi connectivity index (χ4v) is 5.01. The lowest BCUT2D eigenvalue weighted by Crippen LogP contribution is -2.46. The molecule has 0 amide bonds. The van der Waals surface area contributed by atoms with Gasteiger partial charge >= 0.3 is 0 Å². The van der Waals surface area contributed by atoms with Crippen molar-refractivity contribution in [2.75, 3.05) is 13.1 Å². The van der Waals surface area contributed by atoms with Gasteiger partial charge in [0.2, 0.25) is 10.0 Å². The number of morpholine rings is 1. The van der Waals surface area contributed by atoms with Gasteiger partial charge in [0.25, 0.3) is 0 Å². The molecule has 4 rings (SSSR count). The van der Waals surface area contributed by atoms with E-state index in [4.69, 9.17) is 4.74 Å². The molecule has 0 saturated carbocycles. The molecule has 1 aliphatic rings. The summed E-state index contributed by atoms with van der Waals surface area (Å²) in [5.74, 6) is 0. The van der Waals surface area contributed by atoms with Crippen molar-refractivity contribution in [2.45, 2.75) is 24.0 Å². The molecule has 3 aromatic rings. The maximum Gasteiger partial charge on any atom is 0.243 e. The number of aryl methyl sites for hydroxylation is 1. The molecule has 0 aromatic heterocycles. The number of benzene rings is 3. The van der Waals surface area contributed by atoms with Crippen molar-refractivity contribution < 1.29 is 13.2 Å². The Bertz CT molecular complexity index is 1090. The summed E-state index contributed by atoms with van der Waals surface area (Å²) in [6, 6.07) is 26.7. The zero-order chi connectivity index (χ0) is 21.0. The fraction of sp³-hybridized carbons (Fsp3) is 0.200. The van der Waals surface area contributed by atoms with Crippen LogP contribution in [0, 0.1) is 6.92 Å². The number of nitrogens with zero attached hydrogens (tertiary/aromatic N) is 1. The molecule has 1 fully saturated rings. The van der Waals surface area contributed by atoms with E-state index in [1.165, 1.54) is 0 Å². The van der Waals surface area contributed by atoms with Crippen molar-refractivity contribution >= 4 is 16.1 Å². The fourth-order valence-electron chi connectivity index (χ4n) is 3.55. The first-order chi connectivity index (χ1) is 14.5. The molecule has 3 aromatic carbocycles. The van der Waals surface area contributed by atoms with E-state index in [-0.39, 0.29) is 25.3 Å². The Hall–Kier alpha value is -2.73. The predicted octanol–water partition coefficient (Wildman–Crippen LogP) is 4.84. The van der Waals surface area contributed by atoms with Crippen LogP contribution < -0.4 is 0 Å². The van der Waals surface area contributed by atoms with Gasteiger partial charge in [-0.25, -0.2) is 8.42 Å². The van der Waals surface area contributed by atoms with E-state index in [9.17, 15) is 8.42 Å². The van der Waals surface area contributed by atoms with Gasteiger partial charge in [0.1, 0.15) is 0 Å². The molecule has 30 heavy (non-hydrogen) atoms. The van der Waals surface area contributed by atoms with Crippen molar-refractivity contribution in [1.29, 1.82) is 0 Å². The summed E-state index contributed by atoms with van der Waals surface area (Å²) in [7, 11) is -3.62. The van der Waals surface area contributed by atoms with E-state index in [0.29, 0.717) is 4.90 Å². The summed E-state index contributed by atoms with van der Waals surface area (Å²) in [6.07, 6.45) is 3.26. The van der Waals surface area contributed by atoms with Gasteiger partial charge in [0, 0.05) is 13.1 Å². The summed E-state index contributed by atoms with van der Waals surface area (Å²) in [5, 5.41) is 0. The molecule has 0 radical (unpaired) electrons. The van der Waals surface area contributed by atoms with Crippen LogP contribution in [0.1, 0.15) is 22.8 Å². The van der Waals surface area contributed by atoms with Crippen LogP contribution >= 0.6 is 0 Å². The zero-order valence-corrected chi connectivity index (χ0v) is 17.7. The molecular formula is C25H25NO3S. The minimum Gasteiger partial charge on any atom is -0.363 e. The van der Waals surface area contributed by atoms with Crippen molar-refractivity contribution in [1.82, 2.24) is 4.31 Å². The largest absolute Gasteiger partial charge is 0.363 e. The minimum atomic E-state index is -3.62. The Morgan fingerprint density at radius 1 is 0.867 bits per heavy atom. The van der Waals surface area contributed by atoms with Gasteiger partial charge in [-0.2, -0.15) is 4.31 Å². The lowest BCUT2D eigenvalue weighted by atomic mass is 10.1. The lowest BCUT2D eigenvalue weighted by Gasteiger charge is -2.36. The molecule has 154 valence electrons. The first-order valence-corrected chi connectivity index (χ1v) is 11.5. The second kappa shape index (κ2) is 8.96. The van der Waals surface area contributed by atoms with Crippen LogP contribution in [-0.4, -0.2) is 31.9 Å². The Morgan fingerprint density at radius 3 is 2.17 bits per heavy atom. The number of rotatable bonds is 5. The van der Waals surface area contributed by atoms with E-state index in [0.717, 1.165) is 16.7 Å². The standard InChI is InChI=1S/C25H25NO3S/c1-20-12-16-24(17-13-20)30(27,28)26-18-23(15-14-21-8-4-2-5-9-21)29-25(19-26)22-10-6-3-7-11-22/h2-17,23,25H,18-19H2,1H3/b15-14+/t23-,25-/m0/s1. The normalized spacial score (nSPS) is 20.4. The summed E-state index contributed by atoms with van der Waals surface area (Å²) < 4.78 is 34.5. The maximum atomic E-state index is 13.3. The number of hydrogen-bond donors (Lipinski definition) is 0. The summed E-state index contributed by atoms with van der Waals surface area (Å²) in [4.78, 5) is 0.313. The molecule has 0 spiro atoms. The number of hydrogen-bond acceptors (Lipinski definition) is 3. The first-order valence-electron chi connectivity index (χ1n) is 10.0. The topological polar surface area (TPSA) is 46.6 Å². The summed E-state index contributed by atoms with van der Waals surface area (Å²) in [6.45, 7) is 2.51. The molecule has 0 unspecified atom stereocenters. The van der Waals surface area contributed by atoms with Crippen LogP contribution in [0.25, 0.3) is 6.08 Å². The van der Waals surface area contributed by atoms with Crippen LogP contribution in [-0.2, 0) is 14.8 Å². The highest BCUT2D eigenvalue weighted by atomic mass is 32.2. The highest BCUT2D eigenvalue weighted by Gasteiger charge is 2.35. The lowest BCUT2D eigenvalue weighted by molar-refractivity contribution is -0.0414. The minimum absolute atomic E-state index is 0.281. The molecule has 1 heterocycles. The third-order valence-electron chi connectivity index (χ3n) is 5.23. The Kier molecular flexibility index (Phi) is 6.13. The van der Waals surface area contributed by atoms with Gasteiger partial charge in [-0.3, -0.25) is 0 Å². The zero-order valence-electron chi connectivity index (χ0n) is 16.9. The van der Waals surface area contributed by atoms with Crippen molar-refractivity contribution in [3.8, 4) is 0 Å².